The van der Waals surface area contributed by atoms with Crippen molar-refractivity contribution in [3.63, 3.8) is 0 Å². The number of fused-ring (bicyclic) bond motifs is 1. The van der Waals surface area contributed by atoms with Gasteiger partial charge in [0, 0.05) is 6.54 Å². The number of β-amino-alcohol motifs (C(OH)–C–C–N with tert-alkyl or cyclic N) is 1. The Labute approximate surface area is 106 Å². The van der Waals surface area contributed by atoms with Crippen LogP contribution in [0, 0.1) is 0 Å². The van der Waals surface area contributed by atoms with Crippen LogP contribution >= 0.6 is 0 Å². The van der Waals surface area contributed by atoms with Gasteiger partial charge in [-0.15, -0.1) is 0 Å². The van der Waals surface area contributed by atoms with E-state index in [-0.39, 0.29) is 18.0 Å². The van der Waals surface area contributed by atoms with Gasteiger partial charge in [-0.3, -0.25) is 4.79 Å². The summed E-state index contributed by atoms with van der Waals surface area (Å²) < 4.78 is 0. The average Bonchev–Trinajstić information content (AvgIpc) is 2.97. The van der Waals surface area contributed by atoms with Crippen LogP contribution in [0.15, 0.2) is 24.3 Å². The maximum atomic E-state index is 12.1. The molecule has 1 aromatic carbocycles. The number of carbonyl (C=O) groups excluding carboxylic acids is 1. The summed E-state index contributed by atoms with van der Waals surface area (Å²) in [6.07, 6.45) is 2.12. The minimum absolute atomic E-state index is 0.00764. The Morgan fingerprint density at radius 3 is 3.00 bits per heavy atom. The molecule has 3 unspecified atom stereocenters. The van der Waals surface area contributed by atoms with Crippen LogP contribution < -0.4 is 10.6 Å². The van der Waals surface area contributed by atoms with E-state index in [2.05, 4.69) is 22.8 Å². The molecule has 0 radical (unpaired) electrons. The molecule has 3 atom stereocenters. The minimum atomic E-state index is -0.392. The number of hydrogen-bond donors (Lipinski definition) is 3. The largest absolute Gasteiger partial charge is 0.392 e. The van der Waals surface area contributed by atoms with E-state index in [1.807, 2.05) is 12.1 Å². The number of rotatable bonds is 2. The van der Waals surface area contributed by atoms with E-state index in [0.29, 0.717) is 13.0 Å². The van der Waals surface area contributed by atoms with Gasteiger partial charge in [-0.25, -0.2) is 0 Å². The molecule has 1 fully saturated rings. The lowest BCUT2D eigenvalue weighted by atomic mass is 10.1. The zero-order valence-corrected chi connectivity index (χ0v) is 10.2. The molecule has 4 heteroatoms. The van der Waals surface area contributed by atoms with E-state index in [9.17, 15) is 9.90 Å². The first-order chi connectivity index (χ1) is 8.74. The number of hydrogen-bond acceptors (Lipinski definition) is 3. The van der Waals surface area contributed by atoms with E-state index < -0.39 is 6.10 Å². The van der Waals surface area contributed by atoms with E-state index >= 15 is 0 Å². The second kappa shape index (κ2) is 4.71. The summed E-state index contributed by atoms with van der Waals surface area (Å²) in [5.74, 6) is 0.00764. The van der Waals surface area contributed by atoms with Crippen LogP contribution in [0.5, 0.6) is 0 Å². The fourth-order valence-electron chi connectivity index (χ4n) is 2.90. The van der Waals surface area contributed by atoms with Gasteiger partial charge in [0.2, 0.25) is 5.91 Å². The van der Waals surface area contributed by atoms with Crippen LogP contribution in [-0.4, -0.2) is 29.7 Å². The number of nitrogens with one attached hydrogen (secondary N) is 2. The highest BCUT2D eigenvalue weighted by atomic mass is 16.3. The van der Waals surface area contributed by atoms with Crippen LogP contribution in [0.25, 0.3) is 0 Å². The molecule has 0 bridgehead atoms. The van der Waals surface area contributed by atoms with Gasteiger partial charge in [0.05, 0.1) is 18.2 Å². The van der Waals surface area contributed by atoms with E-state index in [1.54, 1.807) is 0 Å². The van der Waals surface area contributed by atoms with E-state index in [4.69, 9.17) is 0 Å². The van der Waals surface area contributed by atoms with Crippen molar-refractivity contribution in [3.8, 4) is 0 Å². The summed E-state index contributed by atoms with van der Waals surface area (Å²) in [5.41, 5.74) is 2.58. The molecule has 1 amide bonds. The van der Waals surface area contributed by atoms with Crippen molar-refractivity contribution >= 4 is 5.91 Å². The number of amides is 1. The zero-order valence-electron chi connectivity index (χ0n) is 10.2. The molecule has 0 aromatic heterocycles. The lowest BCUT2D eigenvalue weighted by Crippen LogP contribution is -2.41. The Balaban J connectivity index is 1.66. The fraction of sp³-hybridized carbons (Fsp3) is 0.500. The Morgan fingerprint density at radius 1 is 1.39 bits per heavy atom. The summed E-state index contributed by atoms with van der Waals surface area (Å²) in [4.78, 5) is 12.1. The fourth-order valence-corrected chi connectivity index (χ4v) is 2.90. The number of aliphatic hydroxyl groups excluding tert-OH is 1. The second-order valence-electron chi connectivity index (χ2n) is 5.15. The lowest BCUT2D eigenvalue weighted by Gasteiger charge is -2.17. The van der Waals surface area contributed by atoms with E-state index in [1.165, 1.54) is 11.1 Å². The highest BCUT2D eigenvalue weighted by Crippen LogP contribution is 2.30. The number of aliphatic hydroxyl groups is 1. The maximum absolute atomic E-state index is 12.1. The molecule has 1 saturated heterocycles. The van der Waals surface area contributed by atoms with Gasteiger partial charge in [-0.2, -0.15) is 0 Å². The average molecular weight is 246 g/mol. The standard InChI is InChI=1S/C14H18N2O2/c17-10-7-13(15-8-10)14(18)16-12-6-5-9-3-1-2-4-11(9)12/h1-4,10,12-13,15,17H,5-8H2,(H,16,18). The van der Waals surface area contributed by atoms with Crippen molar-refractivity contribution in [2.75, 3.05) is 6.54 Å². The molecular weight excluding hydrogens is 228 g/mol. The first kappa shape index (κ1) is 11.7. The Kier molecular flexibility index (Phi) is 3.06. The summed E-state index contributed by atoms with van der Waals surface area (Å²) in [6, 6.07) is 8.16. The molecule has 18 heavy (non-hydrogen) atoms. The molecule has 1 aromatic rings. The number of benzene rings is 1. The second-order valence-corrected chi connectivity index (χ2v) is 5.15. The predicted octanol–water partition coefficient (Wildman–Crippen LogP) is 0.513. The summed E-state index contributed by atoms with van der Waals surface area (Å²) in [6.45, 7) is 0.513. The quantitative estimate of drug-likeness (QED) is 0.712. The molecule has 3 rings (SSSR count). The molecular formula is C14H18N2O2. The highest BCUT2D eigenvalue weighted by molar-refractivity contribution is 5.82. The molecule has 0 spiro atoms. The SMILES string of the molecule is O=C(NC1CCc2ccccc21)C1CC(O)CN1. The lowest BCUT2D eigenvalue weighted by molar-refractivity contribution is -0.123. The zero-order chi connectivity index (χ0) is 12.5. The summed E-state index contributed by atoms with van der Waals surface area (Å²) in [7, 11) is 0. The molecule has 4 nitrogen and oxygen atoms in total. The first-order valence-corrected chi connectivity index (χ1v) is 6.53. The van der Waals surface area contributed by atoms with Crippen LogP contribution in [0.3, 0.4) is 0 Å². The molecule has 1 heterocycles. The van der Waals surface area contributed by atoms with Gasteiger partial charge in [-0.05, 0) is 30.4 Å². The topological polar surface area (TPSA) is 61.4 Å². The van der Waals surface area contributed by atoms with Gasteiger partial charge >= 0.3 is 0 Å². The number of carbonyl (C=O) groups is 1. The van der Waals surface area contributed by atoms with Crippen molar-refractivity contribution < 1.29 is 9.90 Å². The van der Waals surface area contributed by atoms with Crippen LogP contribution in [0.1, 0.15) is 30.0 Å². The third kappa shape index (κ3) is 2.13. The van der Waals surface area contributed by atoms with Crippen molar-refractivity contribution in [1.29, 1.82) is 0 Å². The smallest absolute Gasteiger partial charge is 0.237 e. The van der Waals surface area contributed by atoms with Crippen molar-refractivity contribution in [1.82, 2.24) is 10.6 Å². The molecule has 3 N–H and O–H groups in total. The molecule has 0 saturated carbocycles. The van der Waals surface area contributed by atoms with E-state index in [0.717, 1.165) is 12.8 Å². The molecule has 96 valence electrons. The Hall–Kier alpha value is -1.39. The first-order valence-electron chi connectivity index (χ1n) is 6.53. The normalized spacial score (nSPS) is 30.2. The highest BCUT2D eigenvalue weighted by Gasteiger charge is 2.31. The van der Waals surface area contributed by atoms with Gasteiger partial charge in [-0.1, -0.05) is 24.3 Å². The summed E-state index contributed by atoms with van der Waals surface area (Å²) in [5, 5.41) is 15.6. The van der Waals surface area contributed by atoms with Crippen LogP contribution in [0.2, 0.25) is 0 Å². The molecule has 1 aliphatic carbocycles. The monoisotopic (exact) mass is 246 g/mol. The molecule has 1 aliphatic heterocycles. The van der Waals surface area contributed by atoms with Gasteiger partial charge in [0.15, 0.2) is 0 Å². The Morgan fingerprint density at radius 2 is 2.22 bits per heavy atom. The summed E-state index contributed by atoms with van der Waals surface area (Å²) >= 11 is 0. The van der Waals surface area contributed by atoms with Gasteiger partial charge in [0.25, 0.3) is 0 Å². The molecule has 2 aliphatic rings. The number of aryl methyl sites for hydroxylation is 1. The van der Waals surface area contributed by atoms with Crippen molar-refractivity contribution in [3.05, 3.63) is 35.4 Å². The maximum Gasteiger partial charge on any atom is 0.237 e. The van der Waals surface area contributed by atoms with Crippen LogP contribution in [0.4, 0.5) is 0 Å². The Bertz CT molecular complexity index is 461. The predicted molar refractivity (Wildman–Crippen MR) is 68.1 cm³/mol. The third-order valence-electron chi connectivity index (χ3n) is 3.87. The van der Waals surface area contributed by atoms with Crippen molar-refractivity contribution in [2.45, 2.75) is 37.5 Å². The van der Waals surface area contributed by atoms with Gasteiger partial charge in [0.1, 0.15) is 0 Å². The minimum Gasteiger partial charge on any atom is -0.392 e. The van der Waals surface area contributed by atoms with Gasteiger partial charge < -0.3 is 15.7 Å². The third-order valence-corrected chi connectivity index (χ3v) is 3.87. The van der Waals surface area contributed by atoms with Crippen LogP contribution in [-0.2, 0) is 11.2 Å². The van der Waals surface area contributed by atoms with Crippen molar-refractivity contribution in [2.24, 2.45) is 0 Å².